The van der Waals surface area contributed by atoms with E-state index in [-0.39, 0.29) is 14.9 Å². The van der Waals surface area contributed by atoms with Crippen LogP contribution in [0.2, 0.25) is 0 Å². The van der Waals surface area contributed by atoms with Crippen molar-refractivity contribution in [1.29, 1.82) is 0 Å². The van der Waals surface area contributed by atoms with Crippen molar-refractivity contribution in [1.82, 2.24) is 46.3 Å². The van der Waals surface area contributed by atoms with Crippen molar-refractivity contribution >= 4 is 163 Å². The summed E-state index contributed by atoms with van der Waals surface area (Å²) in [6.45, 7) is 12.6. The first-order chi connectivity index (χ1) is 39.8. The van der Waals surface area contributed by atoms with Crippen molar-refractivity contribution < 1.29 is 18.3 Å². The van der Waals surface area contributed by atoms with Gasteiger partial charge in [0.15, 0.2) is 25.3 Å². The van der Waals surface area contributed by atoms with Crippen LogP contribution in [0.3, 0.4) is 0 Å². The lowest BCUT2D eigenvalue weighted by Crippen LogP contribution is -2.30. The predicted molar refractivity (Wildman–Crippen MR) is 354 cm³/mol. The van der Waals surface area contributed by atoms with Gasteiger partial charge in [-0.1, -0.05) is 96.6 Å². The fourth-order valence-electron chi connectivity index (χ4n) is 10.2. The minimum absolute atomic E-state index is 0. The van der Waals surface area contributed by atoms with Crippen molar-refractivity contribution in [2.45, 2.75) is 56.4 Å². The van der Waals surface area contributed by atoms with Gasteiger partial charge in [0.2, 0.25) is 25.9 Å². The number of hydrogen-bond acceptors (Lipinski definition) is 10. The Bertz CT molecular complexity index is 5000. The molecule has 18 rings (SSSR count). The summed E-state index contributed by atoms with van der Waals surface area (Å²) in [5.74, 6) is 0. The van der Waals surface area contributed by atoms with E-state index in [9.17, 15) is 0 Å². The van der Waals surface area contributed by atoms with Crippen molar-refractivity contribution in [2.75, 3.05) is 0 Å². The summed E-state index contributed by atoms with van der Waals surface area (Å²) in [6.07, 6.45) is 16.7. The molecule has 18 aromatic heterocycles. The monoisotopic (exact) mass is 1220 g/mol. The second kappa shape index (κ2) is 23.4. The van der Waals surface area contributed by atoms with Gasteiger partial charge in [-0.15, -0.1) is 11.3 Å². The zero-order valence-electron chi connectivity index (χ0n) is 46.9. The van der Waals surface area contributed by atoms with E-state index in [4.69, 9.17) is 0 Å². The van der Waals surface area contributed by atoms with Gasteiger partial charge in [-0.3, -0.25) is 8.80 Å². The third-order valence-corrected chi connectivity index (χ3v) is 21.0. The maximum absolute atomic E-state index is 4.57. The molecule has 0 N–H and O–H groups in total. The SMILES string of the molecule is C.C.Cc1nc2c(nc3ccccn32)s1.Cc1nc2cn3ccccc3c2s1.Cc1sc2c(cc3ccccn32)[n+]1C.Cc1sc2c(nc3ccccn32)[n+]1C.Cc1sc2cc3ccccn3c2[n+]1C.Cc1sc2cn3ccccc3c2[n+]1C. The van der Waals surface area contributed by atoms with Gasteiger partial charge in [0.1, 0.15) is 45.7 Å². The number of rotatable bonds is 0. The Labute approximate surface area is 509 Å². The van der Waals surface area contributed by atoms with Gasteiger partial charge in [-0.05, 0) is 96.9 Å². The summed E-state index contributed by atoms with van der Waals surface area (Å²) in [5.41, 5.74) is 14.2. The Kier molecular flexibility index (Phi) is 16.1. The highest BCUT2D eigenvalue weighted by Crippen LogP contribution is 2.29. The molecular formula is C64H66N14S6+4. The van der Waals surface area contributed by atoms with Crippen LogP contribution in [0, 0.1) is 41.5 Å². The van der Waals surface area contributed by atoms with E-state index >= 15 is 0 Å². The number of nitrogens with zero attached hydrogens (tertiary/aromatic N) is 14. The molecule has 0 amide bonds. The highest BCUT2D eigenvalue weighted by atomic mass is 32.1. The molecule has 0 bridgehead atoms. The summed E-state index contributed by atoms with van der Waals surface area (Å²) in [5, 5.41) is 7.51. The summed E-state index contributed by atoms with van der Waals surface area (Å²) >= 11 is 10.7. The number of fused-ring (bicyclic) bond motifs is 18. The van der Waals surface area contributed by atoms with E-state index in [1.165, 1.54) is 82.5 Å². The Morgan fingerprint density at radius 2 is 0.964 bits per heavy atom. The number of aromatic nitrogens is 14. The number of hydrogen-bond donors (Lipinski definition) is 0. The van der Waals surface area contributed by atoms with Crippen LogP contribution in [0.25, 0.3) is 95.4 Å². The van der Waals surface area contributed by atoms with Gasteiger partial charge in [-0.2, -0.15) is 13.5 Å². The Morgan fingerprint density at radius 3 is 1.70 bits per heavy atom. The van der Waals surface area contributed by atoms with Gasteiger partial charge >= 0.3 is 11.3 Å². The number of imidazole rings is 2. The van der Waals surface area contributed by atoms with E-state index in [1.54, 1.807) is 34.0 Å². The molecule has 14 nitrogen and oxygen atoms in total. The smallest absolute Gasteiger partial charge is 0.320 e. The normalized spacial score (nSPS) is 11.3. The molecule has 0 saturated carbocycles. The largest absolute Gasteiger partial charge is 0.361 e. The molecule has 84 heavy (non-hydrogen) atoms. The van der Waals surface area contributed by atoms with E-state index in [1.807, 2.05) is 101 Å². The highest BCUT2D eigenvalue weighted by Gasteiger charge is 2.22. The highest BCUT2D eigenvalue weighted by molar-refractivity contribution is 7.20. The molecule has 18 heterocycles. The van der Waals surface area contributed by atoms with Crippen molar-refractivity contribution in [2.24, 2.45) is 28.2 Å². The van der Waals surface area contributed by atoms with Gasteiger partial charge in [0, 0.05) is 89.3 Å². The number of thiazole rings is 6. The average molecular weight is 1220 g/mol. The van der Waals surface area contributed by atoms with E-state index in [0.717, 1.165) is 43.0 Å². The average Bonchev–Trinajstić information content (AvgIpc) is 3.15. The van der Waals surface area contributed by atoms with Crippen LogP contribution in [-0.2, 0) is 28.2 Å². The topological polar surface area (TPSA) is 93.5 Å². The maximum atomic E-state index is 4.57. The van der Waals surface area contributed by atoms with Crippen LogP contribution >= 0.6 is 68.0 Å². The third kappa shape index (κ3) is 10.4. The molecule has 20 heteroatoms. The zero-order chi connectivity index (χ0) is 56.5. The van der Waals surface area contributed by atoms with Crippen LogP contribution in [0.5, 0.6) is 0 Å². The van der Waals surface area contributed by atoms with Gasteiger partial charge in [0.05, 0.1) is 46.0 Å². The van der Waals surface area contributed by atoms with Gasteiger partial charge in [0.25, 0.3) is 5.65 Å². The first-order valence-corrected chi connectivity index (χ1v) is 31.5. The molecule has 0 aliphatic carbocycles. The lowest BCUT2D eigenvalue weighted by molar-refractivity contribution is -0.648. The predicted octanol–water partition coefficient (Wildman–Crippen LogP) is 14.9. The van der Waals surface area contributed by atoms with Crippen LogP contribution in [-0.4, -0.2) is 46.3 Å². The van der Waals surface area contributed by atoms with Crippen LogP contribution in [0.15, 0.2) is 171 Å². The molecule has 0 aromatic carbocycles. The molecule has 0 unspecified atom stereocenters. The molecule has 0 radical (unpaired) electrons. The lowest BCUT2D eigenvalue weighted by atomic mass is 10.4. The molecule has 0 aliphatic rings. The maximum Gasteiger partial charge on any atom is 0.361 e. The number of pyridine rings is 6. The molecule has 18 aromatic rings. The quantitative estimate of drug-likeness (QED) is 0.141. The Morgan fingerprint density at radius 1 is 0.417 bits per heavy atom. The molecule has 0 aliphatic heterocycles. The van der Waals surface area contributed by atoms with E-state index < -0.39 is 0 Å². The van der Waals surface area contributed by atoms with E-state index in [2.05, 4.69) is 238 Å². The lowest BCUT2D eigenvalue weighted by Gasteiger charge is -1.90. The molecule has 424 valence electrons. The fourth-order valence-corrected chi connectivity index (χ4v) is 16.1. The minimum Gasteiger partial charge on any atom is -0.320 e. The molecular weight excluding hydrogens is 1160 g/mol. The van der Waals surface area contributed by atoms with Crippen LogP contribution in [0.4, 0.5) is 0 Å². The van der Waals surface area contributed by atoms with Crippen molar-refractivity contribution in [3.05, 3.63) is 201 Å². The molecule has 0 fully saturated rings. The molecule has 0 atom stereocenters. The first-order valence-electron chi connectivity index (χ1n) is 26.6. The van der Waals surface area contributed by atoms with Gasteiger partial charge in [-0.25, -0.2) is 24.1 Å². The standard InChI is InChI=1S/3C11H11N2S.C10H10N3S.C10H8N2S.C9H7N3S.2CH4/c1-8-12(2)11-9-5-3-4-6-13(9)7-10(11)14-8;1-8-12(2)11-10(14-8)7-9-5-3-4-6-13(9)11;1-8-12(2)10-7-9-5-3-4-6-13(9)11(10)14-8;1-7-12(2)9-10(14-7)13-6-4-3-5-8(13)11-9;1-7-11-8-6-12-5-3-2-4-9(12)10(8)13-7;1-6-10-8-9(13-6)11-7-4-2-3-5-12(7)8;;/h3*3-7H,1-2H3;3-6H,1-2H3;2-6H,1H3;2-5H,1H3;2*1H4/q4*+1;;;;. The van der Waals surface area contributed by atoms with Gasteiger partial charge < -0.3 is 13.2 Å². The van der Waals surface area contributed by atoms with Crippen molar-refractivity contribution in [3.8, 4) is 0 Å². The summed E-state index contributed by atoms with van der Waals surface area (Å²) < 4.78 is 25.8. The summed E-state index contributed by atoms with van der Waals surface area (Å²) in [6, 6.07) is 41.6. The summed E-state index contributed by atoms with van der Waals surface area (Å²) in [7, 11) is 8.42. The van der Waals surface area contributed by atoms with E-state index in [0.29, 0.717) is 0 Å². The Balaban J connectivity index is 0.000000105. The Hall–Kier alpha value is -8.24. The zero-order valence-corrected chi connectivity index (χ0v) is 51.8. The minimum atomic E-state index is 0. The molecule has 0 saturated heterocycles. The van der Waals surface area contributed by atoms with Crippen molar-refractivity contribution in [3.63, 3.8) is 0 Å². The molecule has 0 spiro atoms. The fraction of sp³-hybridized carbons (Fsp3) is 0.188. The first kappa shape index (κ1) is 57.6. The second-order valence-electron chi connectivity index (χ2n) is 19.9. The second-order valence-corrected chi connectivity index (χ2v) is 27.1. The van der Waals surface area contributed by atoms with Crippen LogP contribution < -0.4 is 18.3 Å². The number of aryl methyl sites for hydroxylation is 10. The van der Waals surface area contributed by atoms with Crippen LogP contribution in [0.1, 0.15) is 44.9 Å². The summed E-state index contributed by atoms with van der Waals surface area (Å²) in [4.78, 5) is 21.5. The third-order valence-electron chi connectivity index (χ3n) is 14.7.